The zero-order chi connectivity index (χ0) is 27.6. The monoisotopic (exact) mass is 672 g/mol. The van der Waals surface area contributed by atoms with Crippen molar-refractivity contribution < 1.29 is 49.5 Å². The molecule has 2 aliphatic heterocycles. The van der Waals surface area contributed by atoms with Crippen LogP contribution < -0.4 is 24.8 Å². The van der Waals surface area contributed by atoms with Gasteiger partial charge in [0.25, 0.3) is 0 Å². The number of hydrogen-bond donors (Lipinski definition) is 0. The molecule has 5 heteroatoms. The summed E-state index contributed by atoms with van der Waals surface area (Å²) >= 11 is 1.59. The van der Waals surface area contributed by atoms with Gasteiger partial charge >= 0.3 is 137 Å². The Kier molecular flexibility index (Phi) is 9.37. The maximum absolute atomic E-state index is 2.52. The van der Waals surface area contributed by atoms with Crippen molar-refractivity contribution in [2.24, 2.45) is 0 Å². The Labute approximate surface area is 274 Å². The average molecular weight is 675 g/mol. The Balaban J connectivity index is 0.000000180. The summed E-state index contributed by atoms with van der Waals surface area (Å²) in [6.07, 6.45) is 2.38. The molecule has 8 rings (SSSR count). The molecule has 3 heterocycles. The molecule has 2 atom stereocenters. The summed E-state index contributed by atoms with van der Waals surface area (Å²) in [5.41, 5.74) is 16.8. The second-order valence-corrected chi connectivity index (χ2v) is 18.3. The molecule has 2 aliphatic carbocycles. The Morgan fingerprint density at radius 1 is 0.805 bits per heavy atom. The van der Waals surface area contributed by atoms with Crippen LogP contribution in [-0.4, -0.2) is 12.6 Å². The van der Waals surface area contributed by atoms with Crippen LogP contribution in [0.1, 0.15) is 76.4 Å². The standard InChI is InChI=1S/C19H19.C17H19NSi.2ClH.Zr/c1-13(2)15-7-9-16(10-8-15)18-6-4-5-17-11-14(3)12-19(17)18;1-11-10-14-15(17-12(2)16(14)19(17,3)4)18(11)13-8-6-5-7-9-13;;;/h4-13H,1-3H3;5-10,16H,1-4H3;2*1H;/q;;;;+2/p-2. The van der Waals surface area contributed by atoms with E-state index < -0.39 is 8.07 Å². The maximum atomic E-state index is 2.52. The van der Waals surface area contributed by atoms with Gasteiger partial charge in [-0.1, -0.05) is 36.9 Å². The van der Waals surface area contributed by atoms with Crippen molar-refractivity contribution in [1.82, 2.24) is 4.57 Å². The van der Waals surface area contributed by atoms with E-state index in [0.717, 1.165) is 5.54 Å². The summed E-state index contributed by atoms with van der Waals surface area (Å²) < 4.78 is 3.11. The van der Waals surface area contributed by atoms with Crippen molar-refractivity contribution >= 4 is 19.3 Å². The van der Waals surface area contributed by atoms with Crippen LogP contribution in [0.25, 0.3) is 28.1 Å². The minimum Gasteiger partial charge on any atom is -1.00 e. The molecule has 0 fully saturated rings. The number of aromatic nitrogens is 1. The number of allylic oxidation sites excluding steroid dienone is 2. The zero-order valence-corrected chi connectivity index (χ0v) is 30.0. The van der Waals surface area contributed by atoms with E-state index in [1.807, 2.05) is 0 Å². The second-order valence-electron chi connectivity index (χ2n) is 12.4. The van der Waals surface area contributed by atoms with E-state index in [1.54, 1.807) is 41.1 Å². The Hall–Kier alpha value is -1.90. The topological polar surface area (TPSA) is 4.93 Å². The predicted octanol–water partition coefficient (Wildman–Crippen LogP) is 3.95. The predicted molar refractivity (Wildman–Crippen MR) is 166 cm³/mol. The molecule has 4 aromatic rings. The molecule has 1 aromatic heterocycles. The first-order chi connectivity index (χ1) is 18.6. The van der Waals surface area contributed by atoms with E-state index in [1.165, 1.54) is 50.5 Å². The van der Waals surface area contributed by atoms with Gasteiger partial charge in [0.05, 0.1) is 8.07 Å². The molecule has 2 bridgehead atoms. The van der Waals surface area contributed by atoms with Gasteiger partial charge < -0.3 is 29.4 Å². The summed E-state index contributed by atoms with van der Waals surface area (Å²) in [6, 6.07) is 29.0. The van der Waals surface area contributed by atoms with E-state index >= 15 is 0 Å². The minimum absolute atomic E-state index is 0. The van der Waals surface area contributed by atoms with Crippen LogP contribution in [-0.2, 0) is 24.7 Å². The van der Waals surface area contributed by atoms with Gasteiger partial charge in [0, 0.05) is 22.6 Å². The van der Waals surface area contributed by atoms with Gasteiger partial charge in [-0.25, -0.2) is 0 Å². The Bertz CT molecular complexity index is 1650. The number of nitrogens with zero attached hydrogens (tertiary/aromatic N) is 1. The third-order valence-corrected chi connectivity index (χ3v) is 15.1. The van der Waals surface area contributed by atoms with Crippen molar-refractivity contribution in [3.63, 3.8) is 0 Å². The fourth-order valence-corrected chi connectivity index (χ4v) is 12.4. The molecule has 209 valence electrons. The molecule has 0 saturated heterocycles. The van der Waals surface area contributed by atoms with Crippen LogP contribution in [0.15, 0.2) is 90.0 Å². The average Bonchev–Trinajstić information content (AvgIpc) is 3.57. The summed E-state index contributed by atoms with van der Waals surface area (Å²) in [4.78, 5) is 0. The summed E-state index contributed by atoms with van der Waals surface area (Å²) in [6.45, 7) is 16.3. The molecule has 3 aromatic carbocycles. The normalized spacial score (nSPS) is 18.8. The van der Waals surface area contributed by atoms with Crippen molar-refractivity contribution in [3.05, 3.63) is 124 Å². The molecule has 4 aliphatic rings. The van der Waals surface area contributed by atoms with Gasteiger partial charge in [0.2, 0.25) is 0 Å². The van der Waals surface area contributed by atoms with Crippen LogP contribution in [0, 0.1) is 6.92 Å². The van der Waals surface area contributed by atoms with Crippen molar-refractivity contribution in [1.29, 1.82) is 0 Å². The molecule has 41 heavy (non-hydrogen) atoms. The smallest absolute Gasteiger partial charge is 1.00 e. The van der Waals surface area contributed by atoms with E-state index in [2.05, 4.69) is 137 Å². The molecule has 0 N–H and O–H groups in total. The van der Waals surface area contributed by atoms with E-state index in [4.69, 9.17) is 0 Å². The van der Waals surface area contributed by atoms with E-state index in [0.29, 0.717) is 9.54 Å². The number of rotatable bonds is 3. The van der Waals surface area contributed by atoms with Gasteiger partial charge in [0.1, 0.15) is 0 Å². The van der Waals surface area contributed by atoms with Crippen molar-refractivity contribution in [2.45, 2.75) is 62.8 Å². The number of para-hydroxylation sites is 1. The van der Waals surface area contributed by atoms with Crippen LogP contribution in [0.3, 0.4) is 0 Å². The number of hydrogen-bond acceptors (Lipinski definition) is 0. The van der Waals surface area contributed by atoms with E-state index in [-0.39, 0.29) is 24.8 Å². The number of fused-ring (bicyclic) bond motifs is 1. The zero-order valence-electron chi connectivity index (χ0n) is 25.0. The van der Waals surface area contributed by atoms with Crippen LogP contribution in [0.4, 0.5) is 0 Å². The number of benzene rings is 3. The van der Waals surface area contributed by atoms with Crippen LogP contribution in [0.5, 0.6) is 0 Å². The summed E-state index contributed by atoms with van der Waals surface area (Å²) in [5.74, 6) is 0.594. The second kappa shape index (κ2) is 12.0. The fourth-order valence-electron chi connectivity index (χ4n) is 7.28. The maximum Gasteiger partial charge on any atom is -1.00 e. The van der Waals surface area contributed by atoms with Crippen molar-refractivity contribution in [3.8, 4) is 16.8 Å². The van der Waals surface area contributed by atoms with Gasteiger partial charge in [-0.2, -0.15) is 0 Å². The van der Waals surface area contributed by atoms with Crippen LogP contribution in [0.2, 0.25) is 13.1 Å². The molecular weight excluding hydrogens is 637 g/mol. The molecule has 0 amide bonds. The fraction of sp³-hybridized carbons (Fsp3) is 0.278. The van der Waals surface area contributed by atoms with Gasteiger partial charge in [-0.3, -0.25) is 0 Å². The quantitative estimate of drug-likeness (QED) is 0.291. The van der Waals surface area contributed by atoms with Gasteiger partial charge in [-0.05, 0) is 42.8 Å². The molecule has 1 nitrogen and oxygen atoms in total. The summed E-state index contributed by atoms with van der Waals surface area (Å²) in [7, 11) is -1.19. The SMILES string of the molecule is CC1=C2c3c(cc(C)n3-c3ccccc3)C1[Si]2(C)C.CC1=Cc2c(-c3ccc(C(C)C)cc3)cccc2[CH]1[Zr+2].[Cl-].[Cl-]. The number of aryl methyl sites for hydroxylation is 1. The first-order valence-corrected chi connectivity index (χ1v) is 18.7. The summed E-state index contributed by atoms with van der Waals surface area (Å²) in [5, 5.41) is 1.71. The van der Waals surface area contributed by atoms with Crippen molar-refractivity contribution in [2.75, 3.05) is 0 Å². The Morgan fingerprint density at radius 2 is 1.46 bits per heavy atom. The number of halogens is 2. The first kappa shape index (κ1) is 32.0. The minimum atomic E-state index is -1.19. The molecule has 0 radical (unpaired) electrons. The Morgan fingerprint density at radius 3 is 2.07 bits per heavy atom. The third-order valence-electron chi connectivity index (χ3n) is 9.14. The largest absolute Gasteiger partial charge is 1.00 e. The van der Waals surface area contributed by atoms with Crippen LogP contribution >= 0.6 is 0 Å². The van der Waals surface area contributed by atoms with Gasteiger partial charge in [0.15, 0.2) is 0 Å². The molecule has 0 saturated carbocycles. The molecule has 2 unspecified atom stereocenters. The molecule has 0 spiro atoms. The molecular formula is C36H38Cl2NSiZr. The third kappa shape index (κ3) is 5.16. The van der Waals surface area contributed by atoms with Gasteiger partial charge in [-0.15, -0.1) is 0 Å². The van der Waals surface area contributed by atoms with E-state index in [9.17, 15) is 0 Å². The first-order valence-electron chi connectivity index (χ1n) is 14.2.